The van der Waals surface area contributed by atoms with Crippen molar-refractivity contribution in [2.24, 2.45) is 5.92 Å². The van der Waals surface area contributed by atoms with Gasteiger partial charge in [0.25, 0.3) is 0 Å². The second-order valence-corrected chi connectivity index (χ2v) is 6.62. The minimum absolute atomic E-state index is 0.00242. The highest BCUT2D eigenvalue weighted by Crippen LogP contribution is 2.43. The molecule has 0 aromatic carbocycles. The van der Waals surface area contributed by atoms with Crippen LogP contribution < -0.4 is 0 Å². The molecule has 2 aliphatic heterocycles. The quantitative estimate of drug-likeness (QED) is 0.744. The van der Waals surface area contributed by atoms with Gasteiger partial charge in [-0.2, -0.15) is 0 Å². The van der Waals surface area contributed by atoms with E-state index in [-0.39, 0.29) is 17.5 Å². The minimum Gasteiger partial charge on any atom is -0.466 e. The Balaban J connectivity index is 1.57. The summed E-state index contributed by atoms with van der Waals surface area (Å²) in [5.74, 6) is 0.0894. The Bertz CT molecular complexity index is 354. The number of nitrogens with zero attached hydrogens (tertiary/aromatic N) is 1. The van der Waals surface area contributed by atoms with Gasteiger partial charge in [0, 0.05) is 19.2 Å². The van der Waals surface area contributed by atoms with E-state index >= 15 is 0 Å². The fourth-order valence-electron chi connectivity index (χ4n) is 4.02. The number of likely N-dealkylation sites (tertiary alicyclic amines) is 1. The first-order valence-corrected chi connectivity index (χ1v) is 8.27. The van der Waals surface area contributed by atoms with E-state index in [0.29, 0.717) is 12.6 Å². The zero-order valence-electron chi connectivity index (χ0n) is 12.6. The lowest BCUT2D eigenvalue weighted by molar-refractivity contribution is -0.158. The van der Waals surface area contributed by atoms with E-state index < -0.39 is 0 Å². The van der Waals surface area contributed by atoms with Crippen molar-refractivity contribution >= 4 is 5.97 Å². The molecule has 3 aliphatic rings. The Kier molecular flexibility index (Phi) is 4.32. The summed E-state index contributed by atoms with van der Waals surface area (Å²) < 4.78 is 11.2. The van der Waals surface area contributed by atoms with Crippen molar-refractivity contribution in [2.75, 3.05) is 26.3 Å². The second-order valence-electron chi connectivity index (χ2n) is 6.62. The molecule has 2 heterocycles. The van der Waals surface area contributed by atoms with Crippen molar-refractivity contribution in [3.8, 4) is 0 Å². The summed E-state index contributed by atoms with van der Waals surface area (Å²) in [7, 11) is 0. The highest BCUT2D eigenvalue weighted by molar-refractivity contribution is 5.72. The molecular weight excluding hydrogens is 254 g/mol. The molecule has 0 radical (unpaired) electrons. The number of hydrogen-bond donors (Lipinski definition) is 0. The third-order valence-electron chi connectivity index (χ3n) is 5.32. The summed E-state index contributed by atoms with van der Waals surface area (Å²) in [5, 5.41) is 0. The van der Waals surface area contributed by atoms with Gasteiger partial charge in [0.1, 0.15) is 0 Å². The summed E-state index contributed by atoms with van der Waals surface area (Å²) in [6.07, 6.45) is 8.19. The fraction of sp³-hybridized carbons (Fsp3) is 0.938. The van der Waals surface area contributed by atoms with Gasteiger partial charge in [0.05, 0.1) is 18.1 Å². The third kappa shape index (κ3) is 2.86. The molecule has 0 N–H and O–H groups in total. The van der Waals surface area contributed by atoms with Crippen LogP contribution in [-0.4, -0.2) is 48.8 Å². The highest BCUT2D eigenvalue weighted by Gasteiger charge is 2.44. The lowest BCUT2D eigenvalue weighted by atomic mass is 9.73. The Hall–Kier alpha value is -0.610. The van der Waals surface area contributed by atoms with E-state index in [9.17, 15) is 4.79 Å². The monoisotopic (exact) mass is 281 g/mol. The van der Waals surface area contributed by atoms with Crippen LogP contribution in [0.3, 0.4) is 0 Å². The molecule has 114 valence electrons. The first-order valence-electron chi connectivity index (χ1n) is 8.27. The number of piperidine rings is 1. The number of esters is 1. The first kappa shape index (κ1) is 14.3. The molecule has 0 aromatic rings. The van der Waals surface area contributed by atoms with Gasteiger partial charge in [-0.1, -0.05) is 0 Å². The Morgan fingerprint density at radius 1 is 1.35 bits per heavy atom. The van der Waals surface area contributed by atoms with Crippen LogP contribution >= 0.6 is 0 Å². The predicted octanol–water partition coefficient (Wildman–Crippen LogP) is 2.36. The van der Waals surface area contributed by atoms with Crippen molar-refractivity contribution in [3.63, 3.8) is 0 Å². The average Bonchev–Trinajstić information content (AvgIpc) is 2.46. The molecule has 3 fully saturated rings. The van der Waals surface area contributed by atoms with Crippen LogP contribution in [0.5, 0.6) is 0 Å². The molecule has 1 unspecified atom stereocenters. The predicted molar refractivity (Wildman–Crippen MR) is 76.5 cm³/mol. The van der Waals surface area contributed by atoms with Crippen LogP contribution in [0, 0.1) is 5.92 Å². The first-order chi connectivity index (χ1) is 9.72. The zero-order chi connectivity index (χ0) is 14.0. The van der Waals surface area contributed by atoms with E-state index in [0.717, 1.165) is 39.0 Å². The molecule has 1 aliphatic carbocycles. The Morgan fingerprint density at radius 2 is 2.20 bits per heavy atom. The summed E-state index contributed by atoms with van der Waals surface area (Å²) >= 11 is 0. The number of carbonyl (C=O) groups excluding carboxylic acids is 1. The Morgan fingerprint density at radius 3 is 2.90 bits per heavy atom. The molecule has 2 saturated heterocycles. The maximum Gasteiger partial charge on any atom is 0.310 e. The standard InChI is InChI=1S/C16H27NO3/c1-2-19-15(18)13-5-3-9-17(12-13)14-6-10-20-16(11-14)7-4-8-16/h13-14H,2-12H2,1H3/t13-,14?/m1/s1. The van der Waals surface area contributed by atoms with Crippen molar-refractivity contribution in [3.05, 3.63) is 0 Å². The van der Waals surface area contributed by atoms with E-state index in [1.54, 1.807) is 0 Å². The van der Waals surface area contributed by atoms with Crippen molar-refractivity contribution in [1.82, 2.24) is 4.90 Å². The van der Waals surface area contributed by atoms with Crippen molar-refractivity contribution in [2.45, 2.75) is 63.5 Å². The average molecular weight is 281 g/mol. The minimum atomic E-state index is 0.00242. The van der Waals surface area contributed by atoms with E-state index in [4.69, 9.17) is 9.47 Å². The Labute approximate surface area is 121 Å². The molecule has 20 heavy (non-hydrogen) atoms. The van der Waals surface area contributed by atoms with E-state index in [1.807, 2.05) is 6.92 Å². The SMILES string of the molecule is CCOC(=O)[C@@H]1CCCN(C2CCOC3(CCC3)C2)C1. The lowest BCUT2D eigenvalue weighted by Crippen LogP contribution is -2.54. The fourth-order valence-corrected chi connectivity index (χ4v) is 4.02. The molecule has 1 spiro atoms. The van der Waals surface area contributed by atoms with Crippen LogP contribution in [0.1, 0.15) is 51.9 Å². The largest absolute Gasteiger partial charge is 0.466 e. The van der Waals surface area contributed by atoms with Gasteiger partial charge in [-0.15, -0.1) is 0 Å². The number of carbonyl (C=O) groups is 1. The van der Waals surface area contributed by atoms with Gasteiger partial charge < -0.3 is 9.47 Å². The molecule has 0 amide bonds. The van der Waals surface area contributed by atoms with Gasteiger partial charge in [-0.25, -0.2) is 0 Å². The topological polar surface area (TPSA) is 38.8 Å². The molecule has 1 saturated carbocycles. The number of ether oxygens (including phenoxy) is 2. The van der Waals surface area contributed by atoms with Crippen LogP contribution in [0.2, 0.25) is 0 Å². The lowest BCUT2D eigenvalue weighted by Gasteiger charge is -2.50. The van der Waals surface area contributed by atoms with Gasteiger partial charge in [0.2, 0.25) is 0 Å². The van der Waals surface area contributed by atoms with E-state index in [1.165, 1.54) is 25.7 Å². The summed E-state index contributed by atoms with van der Waals surface area (Å²) in [4.78, 5) is 14.5. The van der Waals surface area contributed by atoms with Gasteiger partial charge in [-0.3, -0.25) is 9.69 Å². The smallest absolute Gasteiger partial charge is 0.310 e. The second kappa shape index (κ2) is 6.02. The molecule has 0 aromatic heterocycles. The van der Waals surface area contributed by atoms with E-state index in [2.05, 4.69) is 4.90 Å². The normalized spacial score (nSPS) is 33.6. The molecule has 2 atom stereocenters. The van der Waals surface area contributed by atoms with Gasteiger partial charge in [-0.05, 0) is 58.4 Å². The maximum absolute atomic E-state index is 11.9. The molecule has 3 rings (SSSR count). The van der Waals surface area contributed by atoms with Gasteiger partial charge in [0.15, 0.2) is 0 Å². The summed E-state index contributed by atoms with van der Waals surface area (Å²) in [6, 6.07) is 0.612. The summed E-state index contributed by atoms with van der Waals surface area (Å²) in [5.41, 5.74) is 0.194. The molecule has 4 nitrogen and oxygen atoms in total. The molecule has 0 bridgehead atoms. The van der Waals surface area contributed by atoms with Crippen molar-refractivity contribution < 1.29 is 14.3 Å². The van der Waals surface area contributed by atoms with Crippen molar-refractivity contribution in [1.29, 1.82) is 0 Å². The molecular formula is C16H27NO3. The third-order valence-corrected chi connectivity index (χ3v) is 5.32. The molecule has 4 heteroatoms. The van der Waals surface area contributed by atoms with Crippen LogP contribution in [0.15, 0.2) is 0 Å². The highest BCUT2D eigenvalue weighted by atomic mass is 16.5. The van der Waals surface area contributed by atoms with Gasteiger partial charge >= 0.3 is 5.97 Å². The number of rotatable bonds is 3. The van der Waals surface area contributed by atoms with Crippen LogP contribution in [0.4, 0.5) is 0 Å². The zero-order valence-corrected chi connectivity index (χ0v) is 12.6. The summed E-state index contributed by atoms with van der Waals surface area (Å²) in [6.45, 7) is 5.30. The number of hydrogen-bond acceptors (Lipinski definition) is 4. The van der Waals surface area contributed by atoms with Crippen LogP contribution in [-0.2, 0) is 14.3 Å². The maximum atomic E-state index is 11.9. The van der Waals surface area contributed by atoms with Crippen LogP contribution in [0.25, 0.3) is 0 Å².